The number of nitrogens with two attached hydrogens (primary N) is 1. The van der Waals surface area contributed by atoms with Crippen molar-refractivity contribution in [1.82, 2.24) is 29.1 Å². The van der Waals surface area contributed by atoms with Crippen LogP contribution >= 0.6 is 0 Å². The van der Waals surface area contributed by atoms with Crippen molar-refractivity contribution in [2.24, 2.45) is 17.6 Å². The van der Waals surface area contributed by atoms with Crippen LogP contribution in [0.4, 0.5) is 0 Å². The van der Waals surface area contributed by atoms with Crippen LogP contribution in [-0.2, 0) is 12.8 Å². The summed E-state index contributed by atoms with van der Waals surface area (Å²) in [5, 5.41) is 22.1. The number of hydrogen-bond acceptors (Lipinski definition) is 7. The van der Waals surface area contributed by atoms with Gasteiger partial charge < -0.3 is 25.1 Å². The Balaban J connectivity index is 0.000000134. The molecular formula is C39H35N7O3. The molecule has 2 aliphatic heterocycles. The third kappa shape index (κ3) is 4.66. The molecule has 0 bridgehead atoms. The van der Waals surface area contributed by atoms with Crippen molar-refractivity contribution in [3.05, 3.63) is 143 Å². The number of amides is 1. The summed E-state index contributed by atoms with van der Waals surface area (Å²) in [6, 6.07) is 22.3. The van der Waals surface area contributed by atoms with Crippen molar-refractivity contribution >= 4 is 5.91 Å². The standard InChI is InChI=1S/C21H19N3O2.C18H16N4O/c22-21(26)13-6-5-12-7-8-16(20(25)17(12)9-13)19-15-4-2-1-3-14(15)18-10-23-11-24(18)19;23-18-13(5-6-14-16(18)21-8-7-20-14)17-12-4-2-1-3-11(12)15-9-19-10-22(15)17/h1-6,9-11,16,19-20,25H,7-8H2,(H2,22,26);1-4,7-10,13,17-18,23H,5-6H2. The van der Waals surface area contributed by atoms with Crippen LogP contribution in [0.1, 0.15) is 81.1 Å². The number of aliphatic hydroxyl groups excluding tert-OH is 2. The number of rotatable bonds is 3. The van der Waals surface area contributed by atoms with Gasteiger partial charge in [-0.05, 0) is 60.1 Å². The van der Waals surface area contributed by atoms with Gasteiger partial charge in [0.25, 0.3) is 0 Å². The van der Waals surface area contributed by atoms with Crippen molar-refractivity contribution in [3.8, 4) is 22.5 Å². The first-order valence-electron chi connectivity index (χ1n) is 16.8. The molecule has 4 aliphatic rings. The molecule has 10 rings (SSSR count). The average Bonchev–Trinajstić information content (AvgIpc) is 3.92. The number of aliphatic hydroxyl groups is 2. The summed E-state index contributed by atoms with van der Waals surface area (Å²) in [7, 11) is 0. The van der Waals surface area contributed by atoms with Gasteiger partial charge in [-0.3, -0.25) is 14.8 Å². The molecule has 3 aromatic carbocycles. The summed E-state index contributed by atoms with van der Waals surface area (Å²) < 4.78 is 4.36. The normalized spacial score (nSPS) is 24.0. The van der Waals surface area contributed by atoms with E-state index in [1.54, 1.807) is 24.5 Å². The number of carbonyl (C=O) groups is 1. The molecule has 6 aromatic rings. The maximum absolute atomic E-state index is 11.6. The van der Waals surface area contributed by atoms with Gasteiger partial charge in [0, 0.05) is 40.9 Å². The number of hydrogen-bond donors (Lipinski definition) is 3. The Kier molecular flexibility index (Phi) is 7.03. The summed E-state index contributed by atoms with van der Waals surface area (Å²) in [4.78, 5) is 28.9. The second-order valence-corrected chi connectivity index (χ2v) is 13.4. The highest BCUT2D eigenvalue weighted by Crippen LogP contribution is 2.51. The number of aryl methyl sites for hydroxylation is 2. The maximum atomic E-state index is 11.6. The summed E-state index contributed by atoms with van der Waals surface area (Å²) in [5.41, 5.74) is 16.5. The number of imidazole rings is 2. The van der Waals surface area contributed by atoms with E-state index in [-0.39, 0.29) is 23.9 Å². The number of benzene rings is 3. The smallest absolute Gasteiger partial charge is 0.248 e. The first-order chi connectivity index (χ1) is 24.0. The monoisotopic (exact) mass is 649 g/mol. The molecule has 5 heterocycles. The predicted molar refractivity (Wildman–Crippen MR) is 182 cm³/mol. The van der Waals surface area contributed by atoms with Gasteiger partial charge in [0.1, 0.15) is 6.10 Å². The van der Waals surface area contributed by atoms with E-state index in [2.05, 4.69) is 65.5 Å². The number of primary amides is 1. The Bertz CT molecular complexity index is 2220. The molecule has 1 amide bonds. The van der Waals surface area contributed by atoms with Crippen LogP contribution in [0.25, 0.3) is 22.5 Å². The first-order valence-corrected chi connectivity index (χ1v) is 16.8. The third-order valence-electron chi connectivity index (χ3n) is 11.0. The lowest BCUT2D eigenvalue weighted by Crippen LogP contribution is -2.29. The third-order valence-corrected chi connectivity index (χ3v) is 11.0. The van der Waals surface area contributed by atoms with Gasteiger partial charge in [0.05, 0.1) is 66.0 Å². The van der Waals surface area contributed by atoms with Gasteiger partial charge >= 0.3 is 0 Å². The molecule has 4 N–H and O–H groups in total. The Morgan fingerprint density at radius 1 is 0.714 bits per heavy atom. The van der Waals surface area contributed by atoms with Gasteiger partial charge in [0.2, 0.25) is 5.91 Å². The molecule has 6 atom stereocenters. The van der Waals surface area contributed by atoms with E-state index in [1.165, 1.54) is 22.3 Å². The SMILES string of the molecule is NC(=O)c1ccc2c(c1)C(O)C(C1c3ccccc3-c3cncn31)CC2.OC1c2nccnc2CCC1C1c2ccccc2-c2cncn21. The number of carbonyl (C=O) groups excluding carboxylic acids is 1. The molecule has 0 spiro atoms. The zero-order valence-electron chi connectivity index (χ0n) is 26.7. The molecule has 2 aliphatic carbocycles. The summed E-state index contributed by atoms with van der Waals surface area (Å²) in [5.74, 6) is -0.372. The average molecular weight is 650 g/mol. The molecule has 6 unspecified atom stereocenters. The highest BCUT2D eigenvalue weighted by Gasteiger charge is 2.42. The Morgan fingerprint density at radius 3 is 1.96 bits per heavy atom. The zero-order valence-corrected chi connectivity index (χ0v) is 26.7. The van der Waals surface area contributed by atoms with Crippen molar-refractivity contribution in [2.75, 3.05) is 0 Å². The zero-order chi connectivity index (χ0) is 33.2. The summed E-state index contributed by atoms with van der Waals surface area (Å²) in [6.45, 7) is 0. The highest BCUT2D eigenvalue weighted by molar-refractivity contribution is 5.93. The number of aromatic nitrogens is 6. The van der Waals surface area contributed by atoms with Crippen molar-refractivity contribution in [1.29, 1.82) is 0 Å². The van der Waals surface area contributed by atoms with Crippen LogP contribution < -0.4 is 5.73 Å². The van der Waals surface area contributed by atoms with Crippen LogP contribution in [0.3, 0.4) is 0 Å². The Morgan fingerprint density at radius 2 is 1.31 bits per heavy atom. The van der Waals surface area contributed by atoms with Gasteiger partial charge in [-0.1, -0.05) is 54.6 Å². The molecule has 0 fully saturated rings. The van der Waals surface area contributed by atoms with Crippen LogP contribution in [0, 0.1) is 11.8 Å². The minimum absolute atomic E-state index is 0.0160. The Labute approximate surface area is 283 Å². The lowest BCUT2D eigenvalue weighted by molar-refractivity contribution is 0.0669. The van der Waals surface area contributed by atoms with Gasteiger partial charge in [-0.2, -0.15) is 0 Å². The van der Waals surface area contributed by atoms with E-state index >= 15 is 0 Å². The predicted octanol–water partition coefficient (Wildman–Crippen LogP) is 5.39. The van der Waals surface area contributed by atoms with Crippen molar-refractivity contribution in [3.63, 3.8) is 0 Å². The molecule has 244 valence electrons. The van der Waals surface area contributed by atoms with Crippen LogP contribution in [0.2, 0.25) is 0 Å². The fourth-order valence-electron chi connectivity index (χ4n) is 8.72. The lowest BCUT2D eigenvalue weighted by atomic mass is 9.75. The maximum Gasteiger partial charge on any atom is 0.248 e. The van der Waals surface area contributed by atoms with Gasteiger partial charge in [-0.15, -0.1) is 0 Å². The highest BCUT2D eigenvalue weighted by atomic mass is 16.3. The largest absolute Gasteiger partial charge is 0.388 e. The van der Waals surface area contributed by atoms with Crippen LogP contribution in [0.5, 0.6) is 0 Å². The second kappa shape index (κ2) is 11.6. The first kappa shape index (κ1) is 29.7. The van der Waals surface area contributed by atoms with E-state index < -0.39 is 18.1 Å². The van der Waals surface area contributed by atoms with Crippen LogP contribution in [0.15, 0.2) is 104 Å². The number of fused-ring (bicyclic) bond motifs is 8. The molecule has 10 nitrogen and oxygen atoms in total. The molecule has 0 saturated heterocycles. The second-order valence-electron chi connectivity index (χ2n) is 13.4. The summed E-state index contributed by atoms with van der Waals surface area (Å²) in [6.07, 6.45) is 13.1. The lowest BCUT2D eigenvalue weighted by Gasteiger charge is -2.35. The molecule has 0 saturated carbocycles. The van der Waals surface area contributed by atoms with Gasteiger partial charge in [-0.25, -0.2) is 9.97 Å². The molecule has 49 heavy (non-hydrogen) atoms. The van der Waals surface area contributed by atoms with E-state index in [1.807, 2.05) is 43.2 Å². The Hall–Kier alpha value is -5.45. The number of nitrogens with zero attached hydrogens (tertiary/aromatic N) is 6. The molecule has 3 aromatic heterocycles. The van der Waals surface area contributed by atoms with E-state index in [0.717, 1.165) is 59.6 Å². The van der Waals surface area contributed by atoms with Crippen molar-refractivity contribution < 1.29 is 15.0 Å². The minimum Gasteiger partial charge on any atom is -0.388 e. The molecular weight excluding hydrogens is 614 g/mol. The minimum atomic E-state index is -0.649. The topological polar surface area (TPSA) is 145 Å². The van der Waals surface area contributed by atoms with Crippen LogP contribution in [-0.4, -0.2) is 45.2 Å². The van der Waals surface area contributed by atoms with Crippen molar-refractivity contribution in [2.45, 2.75) is 50.0 Å². The summed E-state index contributed by atoms with van der Waals surface area (Å²) >= 11 is 0. The molecule has 10 heteroatoms. The van der Waals surface area contributed by atoms with E-state index in [4.69, 9.17) is 5.73 Å². The van der Waals surface area contributed by atoms with E-state index in [0.29, 0.717) is 5.56 Å². The molecule has 0 radical (unpaired) electrons. The fraction of sp³-hybridized carbons (Fsp3) is 0.256. The quantitative estimate of drug-likeness (QED) is 0.233. The van der Waals surface area contributed by atoms with E-state index in [9.17, 15) is 15.0 Å². The van der Waals surface area contributed by atoms with Gasteiger partial charge in [0.15, 0.2) is 0 Å². The fourth-order valence-corrected chi connectivity index (χ4v) is 8.72.